The molecule has 0 aliphatic heterocycles. The highest BCUT2D eigenvalue weighted by Gasteiger charge is 2.15. The van der Waals surface area contributed by atoms with Gasteiger partial charge in [-0.3, -0.25) is 9.59 Å². The number of carbonyl (C=O) groups excluding carboxylic acids is 1. The van der Waals surface area contributed by atoms with Gasteiger partial charge in [0.25, 0.3) is 0 Å². The van der Waals surface area contributed by atoms with Gasteiger partial charge in [-0.15, -0.1) is 0 Å². The maximum absolute atomic E-state index is 11.4. The van der Waals surface area contributed by atoms with Crippen LogP contribution in [0.1, 0.15) is 109 Å². The zero-order valence-electron chi connectivity index (χ0n) is 20.2. The summed E-state index contributed by atoms with van der Waals surface area (Å²) in [4.78, 5) is 22.0. The molecular formula is C27H44O5. The van der Waals surface area contributed by atoms with Crippen molar-refractivity contribution in [2.75, 3.05) is 0 Å². The maximum Gasteiger partial charge on any atom is 0.303 e. The predicted octanol–water partition coefficient (Wildman–Crippen LogP) is 7.07. The third-order valence-electron chi connectivity index (χ3n) is 5.76. The Morgan fingerprint density at radius 1 is 0.812 bits per heavy atom. The number of aliphatic carboxylic acids is 1. The lowest BCUT2D eigenvalue weighted by molar-refractivity contribution is -0.147. The summed E-state index contributed by atoms with van der Waals surface area (Å²) in [5.74, 6) is -0.889. The summed E-state index contributed by atoms with van der Waals surface area (Å²) in [5.41, 5.74) is 1.19. The SMILES string of the molecule is CCCCC(CCCC(CCCCCCCCC(=O)O)OCc1ccccc1)OC(C)=O. The van der Waals surface area contributed by atoms with Crippen molar-refractivity contribution in [1.29, 1.82) is 0 Å². The fraction of sp³-hybridized carbons (Fsp3) is 0.704. The molecule has 1 aromatic carbocycles. The van der Waals surface area contributed by atoms with E-state index >= 15 is 0 Å². The quantitative estimate of drug-likeness (QED) is 0.171. The van der Waals surface area contributed by atoms with Gasteiger partial charge in [0.2, 0.25) is 0 Å². The van der Waals surface area contributed by atoms with Gasteiger partial charge in [0, 0.05) is 13.3 Å². The van der Waals surface area contributed by atoms with Crippen LogP contribution in [0.15, 0.2) is 30.3 Å². The zero-order valence-corrected chi connectivity index (χ0v) is 20.2. The maximum atomic E-state index is 11.4. The van der Waals surface area contributed by atoms with Crippen molar-refractivity contribution in [3.63, 3.8) is 0 Å². The van der Waals surface area contributed by atoms with Gasteiger partial charge >= 0.3 is 11.9 Å². The molecule has 0 bridgehead atoms. The summed E-state index contributed by atoms with van der Waals surface area (Å²) in [5, 5.41) is 8.70. The van der Waals surface area contributed by atoms with Gasteiger partial charge < -0.3 is 14.6 Å². The lowest BCUT2D eigenvalue weighted by Gasteiger charge is -2.21. The van der Waals surface area contributed by atoms with Crippen LogP contribution in [0.3, 0.4) is 0 Å². The van der Waals surface area contributed by atoms with Crippen molar-refractivity contribution in [3.05, 3.63) is 35.9 Å². The van der Waals surface area contributed by atoms with E-state index in [1.807, 2.05) is 18.2 Å². The van der Waals surface area contributed by atoms with E-state index < -0.39 is 5.97 Å². The first-order chi connectivity index (χ1) is 15.5. The van der Waals surface area contributed by atoms with Crippen LogP contribution >= 0.6 is 0 Å². The largest absolute Gasteiger partial charge is 0.481 e. The molecule has 2 unspecified atom stereocenters. The third-order valence-corrected chi connectivity index (χ3v) is 5.76. The van der Waals surface area contributed by atoms with Crippen LogP contribution in [0.4, 0.5) is 0 Å². The van der Waals surface area contributed by atoms with Crippen LogP contribution in [-0.2, 0) is 25.7 Å². The highest BCUT2D eigenvalue weighted by molar-refractivity contribution is 5.66. The van der Waals surface area contributed by atoms with E-state index in [0.717, 1.165) is 83.5 Å². The molecule has 32 heavy (non-hydrogen) atoms. The standard InChI is InChI=1S/C27H44O5/c1-3-4-17-26(32-23(2)28)20-14-19-25(31-22-24-15-10-9-11-16-24)18-12-7-5-6-8-13-21-27(29)30/h9-11,15-16,25-26H,3-8,12-14,17-22H2,1-2H3,(H,29,30). The lowest BCUT2D eigenvalue weighted by atomic mass is 10.0. The molecule has 0 aliphatic rings. The van der Waals surface area contributed by atoms with Crippen molar-refractivity contribution in [2.45, 2.75) is 123 Å². The number of carboxylic acid groups (broad SMARTS) is 1. The first-order valence-corrected chi connectivity index (χ1v) is 12.6. The molecule has 0 saturated heterocycles. The van der Waals surface area contributed by atoms with Crippen LogP contribution < -0.4 is 0 Å². The van der Waals surface area contributed by atoms with E-state index in [0.29, 0.717) is 6.61 Å². The van der Waals surface area contributed by atoms with Crippen molar-refractivity contribution in [2.24, 2.45) is 0 Å². The van der Waals surface area contributed by atoms with Gasteiger partial charge in [0.1, 0.15) is 6.10 Å². The summed E-state index contributed by atoms with van der Waals surface area (Å²) in [6.45, 7) is 4.28. The Morgan fingerprint density at radius 2 is 1.41 bits per heavy atom. The molecule has 2 atom stereocenters. The van der Waals surface area contributed by atoms with Crippen LogP contribution in [0.2, 0.25) is 0 Å². The van der Waals surface area contributed by atoms with Gasteiger partial charge in [-0.25, -0.2) is 0 Å². The number of hydrogen-bond acceptors (Lipinski definition) is 4. The molecular weight excluding hydrogens is 404 g/mol. The molecule has 0 amide bonds. The minimum Gasteiger partial charge on any atom is -0.481 e. The average molecular weight is 449 g/mol. The number of carboxylic acids is 1. The van der Waals surface area contributed by atoms with Crippen molar-refractivity contribution >= 4 is 11.9 Å². The number of rotatable bonds is 20. The van der Waals surface area contributed by atoms with Crippen LogP contribution in [0, 0.1) is 0 Å². The minimum absolute atomic E-state index is 0.0213. The monoisotopic (exact) mass is 448 g/mol. The van der Waals surface area contributed by atoms with E-state index in [1.165, 1.54) is 12.5 Å². The fourth-order valence-corrected chi connectivity index (χ4v) is 3.96. The lowest BCUT2D eigenvalue weighted by Crippen LogP contribution is -2.18. The molecule has 1 aromatic rings. The second kappa shape index (κ2) is 18.7. The number of carbonyl (C=O) groups is 2. The Morgan fingerprint density at radius 3 is 2.06 bits per heavy atom. The molecule has 1 N–H and O–H groups in total. The predicted molar refractivity (Wildman–Crippen MR) is 129 cm³/mol. The molecule has 0 spiro atoms. The Balaban J connectivity index is 2.38. The summed E-state index contributed by atoms with van der Waals surface area (Å²) >= 11 is 0. The highest BCUT2D eigenvalue weighted by atomic mass is 16.5. The molecule has 182 valence electrons. The molecule has 0 saturated carbocycles. The molecule has 1 rings (SSSR count). The van der Waals surface area contributed by atoms with Crippen molar-refractivity contribution in [1.82, 2.24) is 0 Å². The van der Waals surface area contributed by atoms with Crippen LogP contribution in [-0.4, -0.2) is 29.3 Å². The Bertz CT molecular complexity index is 601. The van der Waals surface area contributed by atoms with E-state index in [4.69, 9.17) is 14.6 Å². The number of ether oxygens (including phenoxy) is 2. The number of hydrogen-bond donors (Lipinski definition) is 1. The molecule has 0 aliphatic carbocycles. The third kappa shape index (κ3) is 15.9. The van der Waals surface area contributed by atoms with Gasteiger partial charge in [0.15, 0.2) is 0 Å². The van der Waals surface area contributed by atoms with Gasteiger partial charge in [-0.2, -0.15) is 0 Å². The summed E-state index contributed by atoms with van der Waals surface area (Å²) in [7, 11) is 0. The molecule has 0 aromatic heterocycles. The van der Waals surface area contributed by atoms with E-state index in [9.17, 15) is 9.59 Å². The Labute approximate surface area is 194 Å². The fourth-order valence-electron chi connectivity index (χ4n) is 3.96. The highest BCUT2D eigenvalue weighted by Crippen LogP contribution is 2.20. The second-order valence-corrected chi connectivity index (χ2v) is 8.78. The smallest absolute Gasteiger partial charge is 0.303 e. The molecule has 5 heteroatoms. The summed E-state index contributed by atoms with van der Waals surface area (Å²) < 4.78 is 11.8. The minimum atomic E-state index is -0.700. The van der Waals surface area contributed by atoms with Gasteiger partial charge in [0.05, 0.1) is 12.7 Å². The summed E-state index contributed by atoms with van der Waals surface area (Å²) in [6, 6.07) is 10.3. The molecule has 0 heterocycles. The molecule has 0 radical (unpaired) electrons. The van der Waals surface area contributed by atoms with E-state index in [-0.39, 0.29) is 24.6 Å². The average Bonchev–Trinajstić information content (AvgIpc) is 2.77. The van der Waals surface area contributed by atoms with Crippen LogP contribution in [0.5, 0.6) is 0 Å². The first-order valence-electron chi connectivity index (χ1n) is 12.6. The van der Waals surface area contributed by atoms with Gasteiger partial charge in [-0.1, -0.05) is 82.2 Å². The van der Waals surface area contributed by atoms with E-state index in [2.05, 4.69) is 19.1 Å². The van der Waals surface area contributed by atoms with Gasteiger partial charge in [-0.05, 0) is 44.1 Å². The molecule has 0 fully saturated rings. The number of benzene rings is 1. The van der Waals surface area contributed by atoms with E-state index in [1.54, 1.807) is 0 Å². The first kappa shape index (κ1) is 28.2. The number of unbranched alkanes of at least 4 members (excludes halogenated alkanes) is 6. The van der Waals surface area contributed by atoms with Crippen molar-refractivity contribution in [3.8, 4) is 0 Å². The Kier molecular flexibility index (Phi) is 16.4. The second-order valence-electron chi connectivity index (χ2n) is 8.78. The normalized spacial score (nSPS) is 12.9. The zero-order chi connectivity index (χ0) is 23.4. The van der Waals surface area contributed by atoms with Crippen molar-refractivity contribution < 1.29 is 24.2 Å². The topological polar surface area (TPSA) is 72.8 Å². The number of esters is 1. The Hall–Kier alpha value is -1.88. The summed E-state index contributed by atoms with van der Waals surface area (Å²) in [6.07, 6.45) is 13.9. The van der Waals surface area contributed by atoms with Crippen LogP contribution in [0.25, 0.3) is 0 Å². The molecule has 5 nitrogen and oxygen atoms in total.